The summed E-state index contributed by atoms with van der Waals surface area (Å²) in [4.78, 5) is 12.6. The average molecular weight is 377 g/mol. The number of ether oxygens (including phenoxy) is 4. The Labute approximate surface area is 161 Å². The first-order chi connectivity index (χ1) is 13.1. The van der Waals surface area contributed by atoms with Gasteiger partial charge in [0.25, 0.3) is 5.91 Å². The summed E-state index contributed by atoms with van der Waals surface area (Å²) in [5.41, 5.74) is -0.667. The standard InChI is InChI=1S/C21H31NO5/c1-21(13-4-5-14-26-21)20(23)22-15-9-11-16(12-10-15)27-18-8-6-7-17(24-2)19(18)25-3/h6-8,15-16H,4-5,9-14H2,1-3H3,(H,22,23). The fourth-order valence-electron chi connectivity index (χ4n) is 3.91. The summed E-state index contributed by atoms with van der Waals surface area (Å²) in [5, 5.41) is 3.19. The fourth-order valence-corrected chi connectivity index (χ4v) is 3.91. The van der Waals surface area contributed by atoms with Crippen LogP contribution in [0.25, 0.3) is 0 Å². The average Bonchev–Trinajstić information content (AvgIpc) is 2.69. The van der Waals surface area contributed by atoms with Crippen molar-refractivity contribution < 1.29 is 23.7 Å². The Morgan fingerprint density at radius 2 is 1.85 bits per heavy atom. The molecule has 3 rings (SSSR count). The van der Waals surface area contributed by atoms with Crippen molar-refractivity contribution >= 4 is 5.91 Å². The number of methoxy groups -OCH3 is 2. The lowest BCUT2D eigenvalue weighted by Gasteiger charge is -2.36. The number of hydrogen-bond donors (Lipinski definition) is 1. The molecule has 0 radical (unpaired) electrons. The molecule has 1 amide bonds. The Kier molecular flexibility index (Phi) is 6.47. The largest absolute Gasteiger partial charge is 0.493 e. The molecule has 1 heterocycles. The van der Waals surface area contributed by atoms with Crippen LogP contribution in [0.4, 0.5) is 0 Å². The Balaban J connectivity index is 1.51. The molecule has 0 bridgehead atoms. The molecular formula is C21H31NO5. The number of hydrogen-bond acceptors (Lipinski definition) is 5. The zero-order valence-corrected chi connectivity index (χ0v) is 16.6. The topological polar surface area (TPSA) is 66.0 Å². The van der Waals surface area contributed by atoms with Gasteiger partial charge in [0.2, 0.25) is 5.75 Å². The maximum absolute atomic E-state index is 12.6. The highest BCUT2D eigenvalue weighted by molar-refractivity contribution is 5.85. The quantitative estimate of drug-likeness (QED) is 0.822. The third-order valence-corrected chi connectivity index (χ3v) is 5.62. The zero-order valence-electron chi connectivity index (χ0n) is 16.6. The van der Waals surface area contributed by atoms with Crippen molar-refractivity contribution in [2.45, 2.75) is 69.6 Å². The van der Waals surface area contributed by atoms with Crippen molar-refractivity contribution in [3.05, 3.63) is 18.2 Å². The number of carbonyl (C=O) groups is 1. The van der Waals surface area contributed by atoms with E-state index in [4.69, 9.17) is 18.9 Å². The second-order valence-electron chi connectivity index (χ2n) is 7.59. The van der Waals surface area contributed by atoms with Gasteiger partial charge in [-0.15, -0.1) is 0 Å². The molecule has 1 aliphatic heterocycles. The van der Waals surface area contributed by atoms with Crippen molar-refractivity contribution in [2.24, 2.45) is 0 Å². The van der Waals surface area contributed by atoms with Gasteiger partial charge in [-0.1, -0.05) is 6.07 Å². The normalized spacial score (nSPS) is 28.3. The Hall–Kier alpha value is -1.95. The molecule has 6 heteroatoms. The van der Waals surface area contributed by atoms with E-state index in [-0.39, 0.29) is 18.1 Å². The SMILES string of the molecule is COc1cccc(OC2CCC(NC(=O)C3(C)CCCCO3)CC2)c1OC. The number of para-hydroxylation sites is 1. The summed E-state index contributed by atoms with van der Waals surface area (Å²) in [7, 11) is 3.23. The summed E-state index contributed by atoms with van der Waals surface area (Å²) in [5.74, 6) is 2.02. The highest BCUT2D eigenvalue weighted by Crippen LogP contribution is 2.38. The van der Waals surface area contributed by atoms with Gasteiger partial charge in [0.05, 0.1) is 20.3 Å². The van der Waals surface area contributed by atoms with Crippen LogP contribution in [0, 0.1) is 0 Å². The van der Waals surface area contributed by atoms with Gasteiger partial charge < -0.3 is 24.3 Å². The van der Waals surface area contributed by atoms with E-state index in [0.29, 0.717) is 23.9 Å². The van der Waals surface area contributed by atoms with Crippen LogP contribution in [0.2, 0.25) is 0 Å². The summed E-state index contributed by atoms with van der Waals surface area (Å²) in [6.45, 7) is 2.58. The van der Waals surface area contributed by atoms with Crippen molar-refractivity contribution in [1.82, 2.24) is 5.32 Å². The van der Waals surface area contributed by atoms with Gasteiger partial charge in [0.15, 0.2) is 11.5 Å². The molecular weight excluding hydrogens is 346 g/mol. The molecule has 1 saturated heterocycles. The summed E-state index contributed by atoms with van der Waals surface area (Å²) in [6, 6.07) is 5.84. The molecule has 1 aromatic carbocycles. The maximum Gasteiger partial charge on any atom is 0.252 e. The van der Waals surface area contributed by atoms with Gasteiger partial charge in [-0.2, -0.15) is 0 Å². The predicted octanol–water partition coefficient (Wildman–Crippen LogP) is 3.47. The van der Waals surface area contributed by atoms with Gasteiger partial charge >= 0.3 is 0 Å². The number of benzene rings is 1. The van der Waals surface area contributed by atoms with E-state index in [2.05, 4.69) is 5.32 Å². The van der Waals surface area contributed by atoms with Gasteiger partial charge in [-0.05, 0) is 64.0 Å². The third kappa shape index (κ3) is 4.67. The molecule has 6 nitrogen and oxygen atoms in total. The number of rotatable bonds is 6. The lowest BCUT2D eigenvalue weighted by atomic mass is 9.90. The molecule has 1 aromatic rings. The van der Waals surface area contributed by atoms with Crippen molar-refractivity contribution in [3.8, 4) is 17.2 Å². The number of nitrogens with one attached hydrogen (secondary N) is 1. The van der Waals surface area contributed by atoms with E-state index >= 15 is 0 Å². The lowest BCUT2D eigenvalue weighted by Crippen LogP contribution is -2.52. The van der Waals surface area contributed by atoms with Crippen LogP contribution >= 0.6 is 0 Å². The minimum atomic E-state index is -0.667. The number of amides is 1. The fraction of sp³-hybridized carbons (Fsp3) is 0.667. The van der Waals surface area contributed by atoms with E-state index in [1.165, 1.54) is 0 Å². The van der Waals surface area contributed by atoms with Gasteiger partial charge in [-0.3, -0.25) is 4.79 Å². The molecule has 1 unspecified atom stereocenters. The van der Waals surface area contributed by atoms with Crippen LogP contribution in [0.15, 0.2) is 18.2 Å². The van der Waals surface area contributed by atoms with E-state index in [0.717, 1.165) is 44.9 Å². The number of carbonyl (C=O) groups excluding carboxylic acids is 1. The zero-order chi connectivity index (χ0) is 19.3. The van der Waals surface area contributed by atoms with Gasteiger partial charge in [0, 0.05) is 12.6 Å². The van der Waals surface area contributed by atoms with E-state index in [9.17, 15) is 4.79 Å². The molecule has 1 saturated carbocycles. The molecule has 2 fully saturated rings. The van der Waals surface area contributed by atoms with E-state index in [1.807, 2.05) is 25.1 Å². The van der Waals surface area contributed by atoms with Crippen LogP contribution < -0.4 is 19.5 Å². The van der Waals surface area contributed by atoms with E-state index < -0.39 is 5.60 Å². The van der Waals surface area contributed by atoms with Crippen LogP contribution in [-0.4, -0.2) is 44.5 Å². The van der Waals surface area contributed by atoms with Crippen molar-refractivity contribution in [1.29, 1.82) is 0 Å². The van der Waals surface area contributed by atoms with Crippen LogP contribution in [-0.2, 0) is 9.53 Å². The van der Waals surface area contributed by atoms with Crippen LogP contribution in [0.3, 0.4) is 0 Å². The summed E-state index contributed by atoms with van der Waals surface area (Å²) >= 11 is 0. The maximum atomic E-state index is 12.6. The van der Waals surface area contributed by atoms with Crippen LogP contribution in [0.5, 0.6) is 17.2 Å². The molecule has 27 heavy (non-hydrogen) atoms. The smallest absolute Gasteiger partial charge is 0.252 e. The third-order valence-electron chi connectivity index (χ3n) is 5.62. The first kappa shape index (κ1) is 19.8. The molecule has 0 spiro atoms. The Morgan fingerprint density at radius 3 is 2.48 bits per heavy atom. The van der Waals surface area contributed by atoms with Crippen LogP contribution in [0.1, 0.15) is 51.9 Å². The molecule has 2 aliphatic rings. The minimum absolute atomic E-state index is 0.0287. The Morgan fingerprint density at radius 1 is 1.11 bits per heavy atom. The second-order valence-corrected chi connectivity index (χ2v) is 7.59. The first-order valence-corrected chi connectivity index (χ1v) is 9.88. The van der Waals surface area contributed by atoms with Gasteiger partial charge in [-0.25, -0.2) is 0 Å². The first-order valence-electron chi connectivity index (χ1n) is 9.88. The van der Waals surface area contributed by atoms with Crippen molar-refractivity contribution in [2.75, 3.05) is 20.8 Å². The minimum Gasteiger partial charge on any atom is -0.493 e. The molecule has 0 aromatic heterocycles. The molecule has 1 aliphatic carbocycles. The molecule has 150 valence electrons. The highest BCUT2D eigenvalue weighted by Gasteiger charge is 2.37. The van der Waals surface area contributed by atoms with Crippen molar-refractivity contribution in [3.63, 3.8) is 0 Å². The Bertz CT molecular complexity index is 633. The summed E-state index contributed by atoms with van der Waals surface area (Å²) < 4.78 is 22.7. The lowest BCUT2D eigenvalue weighted by molar-refractivity contribution is -0.151. The monoisotopic (exact) mass is 377 g/mol. The second kappa shape index (κ2) is 8.83. The molecule has 1 N–H and O–H groups in total. The predicted molar refractivity (Wildman–Crippen MR) is 103 cm³/mol. The van der Waals surface area contributed by atoms with E-state index in [1.54, 1.807) is 14.2 Å². The highest BCUT2D eigenvalue weighted by atomic mass is 16.5. The van der Waals surface area contributed by atoms with Gasteiger partial charge in [0.1, 0.15) is 5.60 Å². The molecule has 1 atom stereocenters. The summed E-state index contributed by atoms with van der Waals surface area (Å²) in [6.07, 6.45) is 6.59.